The highest BCUT2D eigenvalue weighted by Crippen LogP contribution is 2.32. The van der Waals surface area contributed by atoms with Gasteiger partial charge in [0.15, 0.2) is 0 Å². The van der Waals surface area contributed by atoms with Crippen LogP contribution in [0.3, 0.4) is 0 Å². The van der Waals surface area contributed by atoms with E-state index in [-0.39, 0.29) is 6.04 Å². The summed E-state index contributed by atoms with van der Waals surface area (Å²) in [5.41, 5.74) is 6.12. The summed E-state index contributed by atoms with van der Waals surface area (Å²) < 4.78 is 37.7. The average molecular weight is 286 g/mol. The van der Waals surface area contributed by atoms with Gasteiger partial charge in [0.05, 0.1) is 5.56 Å². The Labute approximate surface area is 117 Å². The van der Waals surface area contributed by atoms with Gasteiger partial charge in [-0.1, -0.05) is 18.6 Å². The Morgan fingerprint density at radius 3 is 2.45 bits per heavy atom. The van der Waals surface area contributed by atoms with Crippen LogP contribution >= 0.6 is 0 Å². The van der Waals surface area contributed by atoms with Crippen LogP contribution in [0.1, 0.15) is 43.4 Å². The molecule has 2 rings (SSSR count). The highest BCUT2D eigenvalue weighted by molar-refractivity contribution is 5.26. The van der Waals surface area contributed by atoms with Crippen molar-refractivity contribution in [1.82, 2.24) is 4.90 Å². The molecule has 0 bridgehead atoms. The van der Waals surface area contributed by atoms with Crippen LogP contribution in [0.2, 0.25) is 0 Å². The van der Waals surface area contributed by atoms with Gasteiger partial charge in [-0.25, -0.2) is 0 Å². The number of benzene rings is 1. The second-order valence-electron chi connectivity index (χ2n) is 5.42. The van der Waals surface area contributed by atoms with Crippen LogP contribution in [0.4, 0.5) is 13.2 Å². The van der Waals surface area contributed by atoms with Gasteiger partial charge in [0.25, 0.3) is 0 Å². The fourth-order valence-corrected chi connectivity index (χ4v) is 2.93. The molecule has 0 amide bonds. The molecule has 1 aliphatic heterocycles. The number of likely N-dealkylation sites (tertiary alicyclic amines) is 1. The summed E-state index contributed by atoms with van der Waals surface area (Å²) in [4.78, 5) is 2.31. The quantitative estimate of drug-likeness (QED) is 0.920. The minimum atomic E-state index is -4.27. The van der Waals surface area contributed by atoms with E-state index in [1.54, 1.807) is 12.1 Å². The molecule has 0 saturated carbocycles. The van der Waals surface area contributed by atoms with E-state index in [1.807, 2.05) is 6.92 Å². The Hall–Kier alpha value is -1.07. The van der Waals surface area contributed by atoms with E-state index in [0.717, 1.165) is 37.1 Å². The van der Waals surface area contributed by atoms with Crippen LogP contribution < -0.4 is 5.73 Å². The number of alkyl halides is 3. The standard InChI is InChI=1S/C15H21F3N2/c1-11(20-9-3-2-4-14(20)10-19)12-5-7-13(8-6-12)15(16,17)18/h5-8,11,14H,2-4,9-10,19H2,1H3. The van der Waals surface area contributed by atoms with E-state index < -0.39 is 11.7 Å². The number of nitrogens with two attached hydrogens (primary N) is 1. The van der Waals surface area contributed by atoms with Crippen molar-refractivity contribution in [2.24, 2.45) is 5.73 Å². The third-order valence-corrected chi connectivity index (χ3v) is 4.16. The summed E-state index contributed by atoms with van der Waals surface area (Å²) >= 11 is 0. The molecule has 0 radical (unpaired) electrons. The molecule has 0 aromatic heterocycles. The highest BCUT2D eigenvalue weighted by Gasteiger charge is 2.31. The molecule has 1 saturated heterocycles. The average Bonchev–Trinajstić information content (AvgIpc) is 2.45. The van der Waals surface area contributed by atoms with E-state index in [1.165, 1.54) is 6.42 Å². The largest absolute Gasteiger partial charge is 0.416 e. The Bertz CT molecular complexity index is 428. The number of rotatable bonds is 3. The van der Waals surface area contributed by atoms with Crippen molar-refractivity contribution in [3.63, 3.8) is 0 Å². The Balaban J connectivity index is 2.14. The zero-order valence-corrected chi connectivity index (χ0v) is 11.7. The minimum absolute atomic E-state index is 0.103. The van der Waals surface area contributed by atoms with Gasteiger partial charge in [0.1, 0.15) is 0 Å². The van der Waals surface area contributed by atoms with Gasteiger partial charge in [0, 0.05) is 18.6 Å². The molecule has 2 N–H and O–H groups in total. The van der Waals surface area contributed by atoms with Crippen molar-refractivity contribution in [2.75, 3.05) is 13.1 Å². The molecule has 5 heteroatoms. The van der Waals surface area contributed by atoms with Crippen LogP contribution in [-0.4, -0.2) is 24.0 Å². The van der Waals surface area contributed by atoms with Gasteiger partial charge < -0.3 is 5.73 Å². The molecule has 1 aromatic carbocycles. The minimum Gasteiger partial charge on any atom is -0.329 e. The van der Waals surface area contributed by atoms with Gasteiger partial charge in [-0.2, -0.15) is 13.2 Å². The van der Waals surface area contributed by atoms with Crippen LogP contribution in [0.15, 0.2) is 24.3 Å². The second kappa shape index (κ2) is 6.14. The van der Waals surface area contributed by atoms with E-state index in [2.05, 4.69) is 4.90 Å². The third-order valence-electron chi connectivity index (χ3n) is 4.16. The zero-order valence-electron chi connectivity index (χ0n) is 11.7. The lowest BCUT2D eigenvalue weighted by Crippen LogP contribution is -2.45. The monoisotopic (exact) mass is 286 g/mol. The first-order valence-corrected chi connectivity index (χ1v) is 7.06. The molecular formula is C15H21F3N2. The van der Waals surface area contributed by atoms with Crippen LogP contribution in [-0.2, 0) is 6.18 Å². The molecule has 0 aliphatic carbocycles. The number of nitrogens with zero attached hydrogens (tertiary/aromatic N) is 1. The fraction of sp³-hybridized carbons (Fsp3) is 0.600. The van der Waals surface area contributed by atoms with Crippen molar-refractivity contribution in [3.05, 3.63) is 35.4 Å². The van der Waals surface area contributed by atoms with Crippen molar-refractivity contribution >= 4 is 0 Å². The maximum absolute atomic E-state index is 12.6. The van der Waals surface area contributed by atoms with Gasteiger partial charge in [-0.3, -0.25) is 4.90 Å². The summed E-state index contributed by atoms with van der Waals surface area (Å²) in [5.74, 6) is 0. The number of hydrogen-bond acceptors (Lipinski definition) is 2. The lowest BCUT2D eigenvalue weighted by Gasteiger charge is -2.39. The highest BCUT2D eigenvalue weighted by atomic mass is 19.4. The molecule has 1 heterocycles. The van der Waals surface area contributed by atoms with E-state index in [9.17, 15) is 13.2 Å². The van der Waals surface area contributed by atoms with Crippen molar-refractivity contribution in [2.45, 2.75) is 44.4 Å². The molecule has 1 aromatic rings. The predicted molar refractivity (Wildman–Crippen MR) is 73.3 cm³/mol. The summed E-state index contributed by atoms with van der Waals surface area (Å²) in [5, 5.41) is 0. The maximum atomic E-state index is 12.6. The predicted octanol–water partition coefficient (Wildman–Crippen LogP) is 3.58. The number of piperidine rings is 1. The van der Waals surface area contributed by atoms with Gasteiger partial charge >= 0.3 is 6.18 Å². The van der Waals surface area contributed by atoms with Crippen molar-refractivity contribution in [1.29, 1.82) is 0 Å². The van der Waals surface area contributed by atoms with E-state index in [4.69, 9.17) is 5.73 Å². The molecule has 1 aliphatic rings. The van der Waals surface area contributed by atoms with E-state index in [0.29, 0.717) is 12.6 Å². The number of halogens is 3. The summed E-state index contributed by atoms with van der Waals surface area (Å²) in [6.07, 6.45) is -0.895. The molecule has 20 heavy (non-hydrogen) atoms. The van der Waals surface area contributed by atoms with Crippen molar-refractivity contribution < 1.29 is 13.2 Å². The Kier molecular flexibility index (Phi) is 4.70. The first kappa shape index (κ1) is 15.3. The smallest absolute Gasteiger partial charge is 0.329 e. The first-order chi connectivity index (χ1) is 9.43. The summed E-state index contributed by atoms with van der Waals surface area (Å²) in [7, 11) is 0. The van der Waals surface area contributed by atoms with Crippen molar-refractivity contribution in [3.8, 4) is 0 Å². The number of hydrogen-bond donors (Lipinski definition) is 1. The van der Waals surface area contributed by atoms with Gasteiger partial charge in [-0.15, -0.1) is 0 Å². The molecular weight excluding hydrogens is 265 g/mol. The Morgan fingerprint density at radius 2 is 1.90 bits per heavy atom. The summed E-state index contributed by atoms with van der Waals surface area (Å²) in [6.45, 7) is 3.60. The third kappa shape index (κ3) is 3.33. The van der Waals surface area contributed by atoms with E-state index >= 15 is 0 Å². The topological polar surface area (TPSA) is 29.3 Å². The van der Waals surface area contributed by atoms with Crippen LogP contribution in [0, 0.1) is 0 Å². The first-order valence-electron chi connectivity index (χ1n) is 7.06. The van der Waals surface area contributed by atoms with Crippen LogP contribution in [0.5, 0.6) is 0 Å². The lowest BCUT2D eigenvalue weighted by molar-refractivity contribution is -0.137. The molecule has 2 unspecified atom stereocenters. The molecule has 112 valence electrons. The summed E-state index contributed by atoms with van der Waals surface area (Å²) in [6, 6.07) is 5.92. The van der Waals surface area contributed by atoms with Crippen LogP contribution in [0.25, 0.3) is 0 Å². The molecule has 1 fully saturated rings. The zero-order chi connectivity index (χ0) is 14.8. The normalized spacial score (nSPS) is 22.8. The second-order valence-corrected chi connectivity index (χ2v) is 5.42. The molecule has 0 spiro atoms. The van der Waals surface area contributed by atoms with Gasteiger partial charge in [0.2, 0.25) is 0 Å². The fourth-order valence-electron chi connectivity index (χ4n) is 2.93. The SMILES string of the molecule is CC(c1ccc(C(F)(F)F)cc1)N1CCCCC1CN. The lowest BCUT2D eigenvalue weighted by atomic mass is 9.96. The maximum Gasteiger partial charge on any atom is 0.416 e. The van der Waals surface area contributed by atoms with Gasteiger partial charge in [-0.05, 0) is 44.0 Å². The Morgan fingerprint density at radius 1 is 1.25 bits per heavy atom. The molecule has 2 nitrogen and oxygen atoms in total. The molecule has 2 atom stereocenters.